The van der Waals surface area contributed by atoms with E-state index in [0.29, 0.717) is 12.5 Å². The van der Waals surface area contributed by atoms with Crippen molar-refractivity contribution >= 4 is 0 Å². The molecule has 3 N–H and O–H groups in total. The van der Waals surface area contributed by atoms with E-state index in [1.807, 2.05) is 0 Å². The predicted octanol–water partition coefficient (Wildman–Crippen LogP) is 1.91. The highest BCUT2D eigenvalue weighted by Gasteiger charge is 2.14. The highest BCUT2D eigenvalue weighted by molar-refractivity contribution is 4.69. The Bertz CT molecular complexity index is 133. The van der Waals surface area contributed by atoms with Crippen molar-refractivity contribution in [3.05, 3.63) is 0 Å². The number of unbranched alkanes of at least 4 members (excludes halogenated alkanes) is 1. The molecule has 15 heavy (non-hydrogen) atoms. The van der Waals surface area contributed by atoms with Crippen LogP contribution in [0.5, 0.6) is 0 Å². The van der Waals surface area contributed by atoms with Gasteiger partial charge in [0.05, 0.1) is 0 Å². The van der Waals surface area contributed by atoms with Crippen LogP contribution in [0.3, 0.4) is 0 Å². The first-order chi connectivity index (χ1) is 7.26. The fourth-order valence-corrected chi connectivity index (χ4v) is 1.72. The topological polar surface area (TPSA) is 61.7 Å². The third-order valence-corrected chi connectivity index (χ3v) is 2.74. The van der Waals surface area contributed by atoms with E-state index < -0.39 is 0 Å². The summed E-state index contributed by atoms with van der Waals surface area (Å²) in [4.78, 5) is 0. The molecule has 0 fully saturated rings. The van der Waals surface area contributed by atoms with Crippen LogP contribution in [0.25, 0.3) is 0 Å². The Morgan fingerprint density at radius 2 is 2.00 bits per heavy atom. The van der Waals surface area contributed by atoms with E-state index in [2.05, 4.69) is 19.3 Å². The zero-order valence-corrected chi connectivity index (χ0v) is 9.91. The third-order valence-electron chi connectivity index (χ3n) is 2.74. The van der Waals surface area contributed by atoms with E-state index in [-0.39, 0.29) is 12.8 Å². The first kappa shape index (κ1) is 14.8. The maximum Gasteiger partial charge on any atom is 0.143 e. The van der Waals surface area contributed by atoms with E-state index in [9.17, 15) is 0 Å². The van der Waals surface area contributed by atoms with Gasteiger partial charge in [-0.3, -0.25) is 0 Å². The van der Waals surface area contributed by atoms with Crippen LogP contribution in [0.1, 0.15) is 46.0 Å². The van der Waals surface area contributed by atoms with Crippen molar-refractivity contribution in [1.29, 1.82) is 0 Å². The summed E-state index contributed by atoms with van der Waals surface area (Å²) < 4.78 is 4.84. The molecule has 0 aromatic heterocycles. The van der Waals surface area contributed by atoms with Gasteiger partial charge in [-0.15, -0.1) is 0 Å². The number of hydroxylamine groups is 1. The second-order valence-corrected chi connectivity index (χ2v) is 4.03. The monoisotopic (exact) mass is 219 g/mol. The molecule has 0 radical (unpaired) electrons. The summed E-state index contributed by atoms with van der Waals surface area (Å²) >= 11 is 0. The van der Waals surface area contributed by atoms with E-state index in [1.54, 1.807) is 0 Å². The van der Waals surface area contributed by atoms with E-state index in [4.69, 9.17) is 15.1 Å². The standard InChI is InChI=1S/C11H25NO3/c1-3-6-11(12-14)10(2)7-4-5-8-15-9-13/h10-14H,3-9H2,1-2H3/t10-,11?/m0/s1. The van der Waals surface area contributed by atoms with Crippen molar-refractivity contribution in [3.8, 4) is 0 Å². The maximum absolute atomic E-state index is 8.96. The molecule has 4 heteroatoms. The summed E-state index contributed by atoms with van der Waals surface area (Å²) in [6, 6.07) is 0.203. The molecule has 92 valence electrons. The number of nitrogens with one attached hydrogen (secondary N) is 1. The molecule has 0 heterocycles. The van der Waals surface area contributed by atoms with Crippen molar-refractivity contribution in [2.75, 3.05) is 13.4 Å². The molecular formula is C11H25NO3. The van der Waals surface area contributed by atoms with Crippen LogP contribution in [0.4, 0.5) is 0 Å². The van der Waals surface area contributed by atoms with Gasteiger partial charge in [-0.1, -0.05) is 26.7 Å². The Balaban J connectivity index is 3.48. The number of rotatable bonds is 10. The van der Waals surface area contributed by atoms with E-state index in [1.165, 1.54) is 0 Å². The van der Waals surface area contributed by atoms with Gasteiger partial charge in [-0.25, -0.2) is 5.48 Å². The van der Waals surface area contributed by atoms with E-state index >= 15 is 0 Å². The minimum atomic E-state index is -0.188. The van der Waals surface area contributed by atoms with Gasteiger partial charge in [-0.05, 0) is 25.2 Å². The summed E-state index contributed by atoms with van der Waals surface area (Å²) in [5.41, 5.74) is 2.38. The number of aliphatic hydroxyl groups is 1. The summed E-state index contributed by atoms with van der Waals surface area (Å²) in [7, 11) is 0. The lowest BCUT2D eigenvalue weighted by molar-refractivity contribution is -0.00335. The summed E-state index contributed by atoms with van der Waals surface area (Å²) in [6.45, 7) is 4.70. The van der Waals surface area contributed by atoms with Crippen LogP contribution in [-0.2, 0) is 4.74 Å². The van der Waals surface area contributed by atoms with Gasteiger partial charge in [0.25, 0.3) is 0 Å². The van der Waals surface area contributed by atoms with Crippen molar-refractivity contribution in [1.82, 2.24) is 5.48 Å². The summed E-state index contributed by atoms with van der Waals surface area (Å²) in [5, 5.41) is 17.4. The number of ether oxygens (including phenoxy) is 1. The van der Waals surface area contributed by atoms with Gasteiger partial charge >= 0.3 is 0 Å². The molecule has 2 atom stereocenters. The van der Waals surface area contributed by atoms with Crippen molar-refractivity contribution in [3.63, 3.8) is 0 Å². The lowest BCUT2D eigenvalue weighted by Crippen LogP contribution is -2.32. The molecule has 0 amide bonds. The third kappa shape index (κ3) is 7.73. The van der Waals surface area contributed by atoms with Gasteiger partial charge in [0.15, 0.2) is 0 Å². The first-order valence-electron chi connectivity index (χ1n) is 5.84. The quantitative estimate of drug-likeness (QED) is 0.298. The Kier molecular flexibility index (Phi) is 10.3. The Labute approximate surface area is 92.6 Å². The normalized spacial score (nSPS) is 15.2. The molecule has 0 saturated heterocycles. The zero-order chi connectivity index (χ0) is 11.5. The van der Waals surface area contributed by atoms with Crippen molar-refractivity contribution in [2.45, 2.75) is 52.0 Å². The van der Waals surface area contributed by atoms with Crippen LogP contribution in [-0.4, -0.2) is 29.8 Å². The number of hydrogen-bond donors (Lipinski definition) is 3. The number of hydrogen-bond acceptors (Lipinski definition) is 4. The molecule has 0 aromatic carbocycles. The predicted molar refractivity (Wildman–Crippen MR) is 59.7 cm³/mol. The minimum Gasteiger partial charge on any atom is -0.371 e. The largest absolute Gasteiger partial charge is 0.371 e. The highest BCUT2D eigenvalue weighted by Crippen LogP contribution is 2.15. The molecule has 0 saturated carbocycles. The van der Waals surface area contributed by atoms with E-state index in [0.717, 1.165) is 32.1 Å². The molecule has 1 unspecified atom stereocenters. The highest BCUT2D eigenvalue weighted by atomic mass is 16.6. The van der Waals surface area contributed by atoms with Crippen LogP contribution in [0, 0.1) is 5.92 Å². The molecule has 0 aliphatic rings. The number of aliphatic hydroxyl groups excluding tert-OH is 1. The Morgan fingerprint density at radius 1 is 1.27 bits per heavy atom. The second-order valence-electron chi connectivity index (χ2n) is 4.03. The van der Waals surface area contributed by atoms with Gasteiger partial charge in [0.1, 0.15) is 6.79 Å². The van der Waals surface area contributed by atoms with Gasteiger partial charge < -0.3 is 15.1 Å². The molecule has 0 aliphatic carbocycles. The second kappa shape index (κ2) is 10.4. The molecule has 0 bridgehead atoms. The maximum atomic E-state index is 8.96. The van der Waals surface area contributed by atoms with Crippen LogP contribution >= 0.6 is 0 Å². The first-order valence-corrected chi connectivity index (χ1v) is 5.84. The van der Waals surface area contributed by atoms with Gasteiger partial charge in [0.2, 0.25) is 0 Å². The van der Waals surface area contributed by atoms with Crippen molar-refractivity contribution in [2.24, 2.45) is 5.92 Å². The lowest BCUT2D eigenvalue weighted by Gasteiger charge is -2.21. The van der Waals surface area contributed by atoms with Gasteiger partial charge in [0, 0.05) is 12.6 Å². The molecule has 4 nitrogen and oxygen atoms in total. The minimum absolute atomic E-state index is 0.188. The molecule has 0 spiro atoms. The zero-order valence-electron chi connectivity index (χ0n) is 9.91. The SMILES string of the molecule is CCCC(NO)[C@@H](C)CCCCOCO. The van der Waals surface area contributed by atoms with Crippen molar-refractivity contribution < 1.29 is 15.1 Å². The molecular weight excluding hydrogens is 194 g/mol. The van der Waals surface area contributed by atoms with Crippen LogP contribution in [0.2, 0.25) is 0 Å². The van der Waals surface area contributed by atoms with Crippen LogP contribution in [0.15, 0.2) is 0 Å². The fraction of sp³-hybridized carbons (Fsp3) is 1.00. The smallest absolute Gasteiger partial charge is 0.143 e. The van der Waals surface area contributed by atoms with Gasteiger partial charge in [-0.2, -0.15) is 0 Å². The Morgan fingerprint density at radius 3 is 2.53 bits per heavy atom. The average Bonchev–Trinajstić information content (AvgIpc) is 2.25. The fourth-order valence-electron chi connectivity index (χ4n) is 1.72. The average molecular weight is 219 g/mol. The summed E-state index contributed by atoms with van der Waals surface area (Å²) in [6.07, 6.45) is 5.20. The summed E-state index contributed by atoms with van der Waals surface area (Å²) in [5.74, 6) is 0.476. The van der Waals surface area contributed by atoms with Crippen LogP contribution < -0.4 is 5.48 Å². The lowest BCUT2D eigenvalue weighted by atomic mass is 9.93. The molecule has 0 rings (SSSR count). The Hall–Kier alpha value is -0.160. The molecule has 0 aliphatic heterocycles. The molecule has 0 aromatic rings.